The third kappa shape index (κ3) is 6.95. The predicted octanol–water partition coefficient (Wildman–Crippen LogP) is 5.67. The number of ether oxygens (including phenoxy) is 5. The van der Waals surface area contributed by atoms with Crippen LogP contribution in [-0.2, 0) is 31.2 Å². The molecule has 1 aromatic heterocycles. The number of benzene rings is 4. The Hall–Kier alpha value is -5.92. The van der Waals surface area contributed by atoms with Crippen LogP contribution in [0.3, 0.4) is 0 Å². The lowest BCUT2D eigenvalue weighted by atomic mass is 9.87. The number of aldehydes is 1. The van der Waals surface area contributed by atoms with Crippen molar-refractivity contribution in [2.75, 3.05) is 20.0 Å². The maximum Gasteiger partial charge on any atom is 0.342 e. The molecule has 4 aromatic carbocycles. The molecule has 13 heteroatoms. The lowest BCUT2D eigenvalue weighted by Crippen LogP contribution is -2.29. The summed E-state index contributed by atoms with van der Waals surface area (Å²) in [4.78, 5) is 46.8. The Bertz CT molecular complexity index is 2110. The van der Waals surface area contributed by atoms with Crippen molar-refractivity contribution >= 4 is 52.5 Å². The summed E-state index contributed by atoms with van der Waals surface area (Å²) in [5, 5.41) is 11.9. The van der Waals surface area contributed by atoms with Gasteiger partial charge in [-0.1, -0.05) is 30.3 Å². The number of carbonyl (C=O) groups excluding carboxylic acids is 4. The number of hydrogen-bond donors (Lipinski definition) is 1. The van der Waals surface area contributed by atoms with E-state index in [0.717, 1.165) is 23.6 Å². The molecule has 0 saturated heterocycles. The SMILES string of the molecule is CCOC(=O)c1ccc(C=O)cc1.CCOC(=O)c1ccc(CC2=C(c3ccc4c(c3)OCO4)C(=O)OC2(O)c2ccc3nsnc3c2)cc1. The van der Waals surface area contributed by atoms with Gasteiger partial charge in [-0.15, -0.1) is 0 Å². The third-order valence-corrected chi connectivity index (χ3v) is 8.42. The van der Waals surface area contributed by atoms with E-state index in [9.17, 15) is 24.3 Å². The van der Waals surface area contributed by atoms with Crippen LogP contribution in [-0.4, -0.2) is 58.1 Å². The first-order chi connectivity index (χ1) is 24.2. The first-order valence-corrected chi connectivity index (χ1v) is 16.3. The van der Waals surface area contributed by atoms with E-state index in [0.29, 0.717) is 62.5 Å². The Morgan fingerprint density at radius 1 is 0.840 bits per heavy atom. The Morgan fingerprint density at radius 2 is 1.48 bits per heavy atom. The third-order valence-electron chi connectivity index (χ3n) is 7.87. The topological polar surface area (TPSA) is 160 Å². The summed E-state index contributed by atoms with van der Waals surface area (Å²) >= 11 is 1.06. The monoisotopic (exact) mass is 694 g/mol. The zero-order valence-electron chi connectivity index (χ0n) is 26.9. The van der Waals surface area contributed by atoms with Gasteiger partial charge in [0, 0.05) is 23.1 Å². The number of fused-ring (bicyclic) bond motifs is 2. The van der Waals surface area contributed by atoms with E-state index in [2.05, 4.69) is 8.75 Å². The van der Waals surface area contributed by atoms with E-state index in [4.69, 9.17) is 23.7 Å². The molecular formula is C37H30N2O10S. The van der Waals surface area contributed by atoms with Crippen molar-refractivity contribution in [1.29, 1.82) is 0 Å². The summed E-state index contributed by atoms with van der Waals surface area (Å²) < 4.78 is 34.9. The van der Waals surface area contributed by atoms with Crippen molar-refractivity contribution in [1.82, 2.24) is 8.75 Å². The number of carbonyl (C=O) groups is 4. The van der Waals surface area contributed by atoms with E-state index >= 15 is 0 Å². The van der Waals surface area contributed by atoms with Gasteiger partial charge in [0.2, 0.25) is 6.79 Å². The second-order valence-electron chi connectivity index (χ2n) is 11.0. The van der Waals surface area contributed by atoms with Crippen molar-refractivity contribution in [2.45, 2.75) is 26.1 Å². The Labute approximate surface area is 290 Å². The molecule has 0 bridgehead atoms. The fourth-order valence-corrected chi connectivity index (χ4v) is 5.92. The highest BCUT2D eigenvalue weighted by atomic mass is 32.1. The number of hydrogen-bond acceptors (Lipinski definition) is 13. The van der Waals surface area contributed by atoms with Crippen molar-refractivity contribution < 1.29 is 48.0 Å². The van der Waals surface area contributed by atoms with E-state index < -0.39 is 17.7 Å². The van der Waals surface area contributed by atoms with Gasteiger partial charge in [0.25, 0.3) is 5.79 Å². The van der Waals surface area contributed by atoms with Gasteiger partial charge < -0.3 is 28.8 Å². The van der Waals surface area contributed by atoms with Crippen LogP contribution in [0, 0.1) is 0 Å². The van der Waals surface area contributed by atoms with Crippen LogP contribution in [0.2, 0.25) is 0 Å². The van der Waals surface area contributed by atoms with Crippen LogP contribution >= 0.6 is 11.7 Å². The molecular weight excluding hydrogens is 664 g/mol. The molecule has 0 fully saturated rings. The quantitative estimate of drug-likeness (QED) is 0.115. The summed E-state index contributed by atoms with van der Waals surface area (Å²) in [6, 6.07) is 23.3. The van der Waals surface area contributed by atoms with Crippen molar-refractivity contribution in [2.24, 2.45) is 0 Å². The lowest BCUT2D eigenvalue weighted by molar-refractivity contribution is -0.185. The van der Waals surface area contributed by atoms with Gasteiger partial charge in [-0.05, 0) is 79.6 Å². The highest BCUT2D eigenvalue weighted by Crippen LogP contribution is 2.46. The first-order valence-electron chi connectivity index (χ1n) is 15.5. The summed E-state index contributed by atoms with van der Waals surface area (Å²) in [5.41, 5.74) is 4.91. The number of aromatic nitrogens is 2. The highest BCUT2D eigenvalue weighted by molar-refractivity contribution is 7.00. The number of rotatable bonds is 9. The normalized spacial score (nSPS) is 16.0. The van der Waals surface area contributed by atoms with Crippen LogP contribution in [0.1, 0.15) is 61.6 Å². The van der Waals surface area contributed by atoms with E-state index in [1.165, 1.54) is 0 Å². The van der Waals surface area contributed by atoms with Gasteiger partial charge >= 0.3 is 17.9 Å². The average molecular weight is 695 g/mol. The van der Waals surface area contributed by atoms with Gasteiger partial charge in [0.1, 0.15) is 17.3 Å². The maximum absolute atomic E-state index is 13.3. The fourth-order valence-electron chi connectivity index (χ4n) is 5.41. The lowest BCUT2D eigenvalue weighted by Gasteiger charge is -2.25. The molecule has 254 valence electrons. The van der Waals surface area contributed by atoms with Crippen LogP contribution in [0.5, 0.6) is 11.5 Å². The molecule has 0 amide bonds. The zero-order valence-corrected chi connectivity index (χ0v) is 27.7. The minimum Gasteiger partial charge on any atom is -0.462 e. The Kier molecular flexibility index (Phi) is 9.97. The van der Waals surface area contributed by atoms with Crippen LogP contribution < -0.4 is 9.47 Å². The smallest absolute Gasteiger partial charge is 0.342 e. The maximum atomic E-state index is 13.3. The number of nitrogens with zero attached hydrogens (tertiary/aromatic N) is 2. The number of aliphatic hydroxyl groups is 1. The number of esters is 3. The molecule has 2 aliphatic rings. The van der Waals surface area contributed by atoms with Crippen LogP contribution in [0.4, 0.5) is 0 Å². The summed E-state index contributed by atoms with van der Waals surface area (Å²) in [6.07, 6.45) is 0.900. The van der Waals surface area contributed by atoms with E-state index in [1.54, 1.807) is 98.8 Å². The molecule has 0 aliphatic carbocycles. The van der Waals surface area contributed by atoms with Crippen LogP contribution in [0.25, 0.3) is 16.6 Å². The Morgan fingerprint density at radius 3 is 2.14 bits per heavy atom. The molecule has 5 aromatic rings. The van der Waals surface area contributed by atoms with Gasteiger partial charge in [0.05, 0.1) is 41.6 Å². The molecule has 7 rings (SSSR count). The molecule has 1 N–H and O–H groups in total. The van der Waals surface area contributed by atoms with Gasteiger partial charge in [0.15, 0.2) is 11.5 Å². The number of cyclic esters (lactones) is 1. The van der Waals surface area contributed by atoms with Crippen molar-refractivity contribution in [3.63, 3.8) is 0 Å². The second-order valence-corrected chi connectivity index (χ2v) is 11.5. The van der Waals surface area contributed by atoms with Crippen LogP contribution in [0.15, 0.2) is 90.5 Å². The van der Waals surface area contributed by atoms with Gasteiger partial charge in [-0.3, -0.25) is 4.79 Å². The summed E-state index contributed by atoms with van der Waals surface area (Å²) in [5.74, 6) is -2.42. The minimum atomic E-state index is -2.04. The molecule has 3 heterocycles. The van der Waals surface area contributed by atoms with Crippen molar-refractivity contribution in [3.05, 3.63) is 124 Å². The van der Waals surface area contributed by atoms with E-state index in [-0.39, 0.29) is 31.4 Å². The summed E-state index contributed by atoms with van der Waals surface area (Å²) in [7, 11) is 0. The average Bonchev–Trinajstić information content (AvgIpc) is 3.86. The molecule has 12 nitrogen and oxygen atoms in total. The second kappa shape index (κ2) is 14.7. The molecule has 0 spiro atoms. The molecule has 0 saturated carbocycles. The minimum absolute atomic E-state index is 0.0909. The largest absolute Gasteiger partial charge is 0.462 e. The molecule has 1 atom stereocenters. The standard InChI is InChI=1S/C27H20N2O7S.C10H10O3/c1-2-33-25(30)16-5-3-15(4-6-16)11-19-24(17-7-10-22-23(12-17)35-14-34-22)26(31)36-27(19,32)18-8-9-20-21(13-18)29-37-28-20;1-2-13-10(12)9-5-3-8(7-11)4-6-9/h3-10,12-13,32H,2,11,14H2,1H3;3-7H,2H2,1H3. The van der Waals surface area contributed by atoms with Gasteiger partial charge in [-0.2, -0.15) is 8.75 Å². The molecule has 0 radical (unpaired) electrons. The first kappa shape index (κ1) is 34.0. The Balaban J connectivity index is 0.000000281. The predicted molar refractivity (Wildman–Crippen MR) is 181 cm³/mol. The fraction of sp³-hybridized carbons (Fsp3) is 0.189. The molecule has 1 unspecified atom stereocenters. The zero-order chi connectivity index (χ0) is 35.3. The van der Waals surface area contributed by atoms with E-state index in [1.807, 2.05) is 0 Å². The molecule has 2 aliphatic heterocycles. The van der Waals surface area contributed by atoms with Gasteiger partial charge in [-0.25, -0.2) is 14.4 Å². The van der Waals surface area contributed by atoms with Crippen molar-refractivity contribution in [3.8, 4) is 11.5 Å². The summed E-state index contributed by atoms with van der Waals surface area (Å²) in [6.45, 7) is 4.21. The molecule has 50 heavy (non-hydrogen) atoms. The highest BCUT2D eigenvalue weighted by Gasteiger charge is 2.48.